The minimum absolute atomic E-state index is 0.152. The van der Waals surface area contributed by atoms with Gasteiger partial charge in [0.15, 0.2) is 0 Å². The molecule has 1 aromatic rings. The summed E-state index contributed by atoms with van der Waals surface area (Å²) >= 11 is 0. The SMILES string of the molecule is COc1cc2c(cc1/C=C(\C#N)C(=O)NC1CCCCC1)CCCC2. The highest BCUT2D eigenvalue weighted by molar-refractivity contribution is 6.02. The number of ether oxygens (including phenoxy) is 1. The Kier molecular flexibility index (Phi) is 5.75. The maximum atomic E-state index is 12.5. The quantitative estimate of drug-likeness (QED) is 0.668. The summed E-state index contributed by atoms with van der Waals surface area (Å²) in [7, 11) is 1.63. The highest BCUT2D eigenvalue weighted by Crippen LogP contribution is 2.30. The lowest BCUT2D eigenvalue weighted by Gasteiger charge is -2.22. The molecule has 1 N–H and O–H groups in total. The highest BCUT2D eigenvalue weighted by Gasteiger charge is 2.19. The summed E-state index contributed by atoms with van der Waals surface area (Å²) in [4.78, 5) is 12.5. The minimum atomic E-state index is -0.269. The third-order valence-corrected chi connectivity index (χ3v) is 5.30. The van der Waals surface area contributed by atoms with E-state index in [-0.39, 0.29) is 17.5 Å². The first kappa shape index (κ1) is 17.5. The van der Waals surface area contributed by atoms with Crippen molar-refractivity contribution < 1.29 is 9.53 Å². The molecule has 0 heterocycles. The third kappa shape index (κ3) is 4.22. The summed E-state index contributed by atoms with van der Waals surface area (Å²) < 4.78 is 5.50. The molecule has 1 saturated carbocycles. The smallest absolute Gasteiger partial charge is 0.262 e. The van der Waals surface area contributed by atoms with Crippen LogP contribution in [0.1, 0.15) is 61.6 Å². The van der Waals surface area contributed by atoms with Crippen molar-refractivity contribution in [1.29, 1.82) is 5.26 Å². The molecule has 0 aromatic heterocycles. The van der Waals surface area contributed by atoms with Gasteiger partial charge in [-0.3, -0.25) is 4.79 Å². The van der Waals surface area contributed by atoms with Crippen LogP contribution in [0.4, 0.5) is 0 Å². The zero-order valence-corrected chi connectivity index (χ0v) is 14.9. The van der Waals surface area contributed by atoms with Crippen molar-refractivity contribution in [3.63, 3.8) is 0 Å². The van der Waals surface area contributed by atoms with Crippen LogP contribution in [-0.2, 0) is 17.6 Å². The van der Waals surface area contributed by atoms with Gasteiger partial charge in [0.1, 0.15) is 17.4 Å². The predicted octanol–water partition coefficient (Wildman–Crippen LogP) is 3.93. The number of rotatable bonds is 4. The molecule has 3 rings (SSSR count). The second-order valence-electron chi connectivity index (χ2n) is 7.05. The van der Waals surface area contributed by atoms with Crippen molar-refractivity contribution in [2.45, 2.75) is 63.8 Å². The molecular weight excluding hydrogens is 312 g/mol. The van der Waals surface area contributed by atoms with Gasteiger partial charge in [-0.05, 0) is 67.9 Å². The molecule has 4 heteroatoms. The number of benzene rings is 1. The number of carbonyl (C=O) groups excluding carboxylic acids is 1. The van der Waals surface area contributed by atoms with Crippen LogP contribution in [0.15, 0.2) is 17.7 Å². The molecule has 0 aliphatic heterocycles. The van der Waals surface area contributed by atoms with Crippen molar-refractivity contribution in [1.82, 2.24) is 5.32 Å². The first-order chi connectivity index (χ1) is 12.2. The number of nitrogens with one attached hydrogen (secondary N) is 1. The summed E-state index contributed by atoms with van der Waals surface area (Å²) in [6.45, 7) is 0. The van der Waals surface area contributed by atoms with Gasteiger partial charge in [-0.25, -0.2) is 0 Å². The molecule has 0 bridgehead atoms. The Morgan fingerprint density at radius 2 is 1.84 bits per heavy atom. The largest absolute Gasteiger partial charge is 0.496 e. The first-order valence-corrected chi connectivity index (χ1v) is 9.33. The molecular formula is C21H26N2O2. The molecule has 1 fully saturated rings. The van der Waals surface area contributed by atoms with E-state index in [0.717, 1.165) is 49.8 Å². The molecule has 0 atom stereocenters. The fourth-order valence-corrected chi connectivity index (χ4v) is 3.89. The Hall–Kier alpha value is -2.28. The second kappa shape index (κ2) is 8.20. The maximum absolute atomic E-state index is 12.5. The topological polar surface area (TPSA) is 62.1 Å². The highest BCUT2D eigenvalue weighted by atomic mass is 16.5. The van der Waals surface area contributed by atoms with Gasteiger partial charge in [-0.1, -0.05) is 19.3 Å². The van der Waals surface area contributed by atoms with Gasteiger partial charge in [0.25, 0.3) is 5.91 Å². The summed E-state index contributed by atoms with van der Waals surface area (Å²) in [6.07, 6.45) is 11.7. The lowest BCUT2D eigenvalue weighted by Crippen LogP contribution is -2.36. The fourth-order valence-electron chi connectivity index (χ4n) is 3.89. The van der Waals surface area contributed by atoms with Gasteiger partial charge >= 0.3 is 0 Å². The average molecular weight is 338 g/mol. The van der Waals surface area contributed by atoms with E-state index in [4.69, 9.17) is 4.74 Å². The van der Waals surface area contributed by atoms with Gasteiger partial charge in [-0.15, -0.1) is 0 Å². The van der Waals surface area contributed by atoms with Crippen LogP contribution in [0.5, 0.6) is 5.75 Å². The summed E-state index contributed by atoms with van der Waals surface area (Å²) in [5.41, 5.74) is 3.60. The van der Waals surface area contributed by atoms with Gasteiger partial charge in [0.2, 0.25) is 0 Å². The molecule has 132 valence electrons. The van der Waals surface area contributed by atoms with Gasteiger partial charge in [-0.2, -0.15) is 5.26 Å². The average Bonchev–Trinajstić information content (AvgIpc) is 2.66. The van der Waals surface area contributed by atoms with Crippen LogP contribution in [0.25, 0.3) is 6.08 Å². The molecule has 4 nitrogen and oxygen atoms in total. The predicted molar refractivity (Wildman–Crippen MR) is 98.2 cm³/mol. The summed E-state index contributed by atoms with van der Waals surface area (Å²) in [5.74, 6) is 0.466. The van der Waals surface area contributed by atoms with E-state index in [1.54, 1.807) is 13.2 Å². The van der Waals surface area contributed by atoms with E-state index in [2.05, 4.69) is 23.5 Å². The molecule has 1 amide bonds. The Bertz CT molecular complexity index is 709. The molecule has 2 aliphatic rings. The van der Waals surface area contributed by atoms with E-state index < -0.39 is 0 Å². The second-order valence-corrected chi connectivity index (χ2v) is 7.05. The zero-order valence-electron chi connectivity index (χ0n) is 14.9. The van der Waals surface area contributed by atoms with Crippen LogP contribution in [0, 0.1) is 11.3 Å². The van der Waals surface area contributed by atoms with Crippen molar-refractivity contribution in [3.8, 4) is 11.8 Å². The number of aryl methyl sites for hydroxylation is 2. The Labute approximate surface area is 149 Å². The number of nitrogens with zero attached hydrogens (tertiary/aromatic N) is 1. The number of fused-ring (bicyclic) bond motifs is 1. The van der Waals surface area contributed by atoms with Gasteiger partial charge in [0.05, 0.1) is 7.11 Å². The lowest BCUT2D eigenvalue weighted by atomic mass is 9.89. The van der Waals surface area contributed by atoms with E-state index in [9.17, 15) is 10.1 Å². The summed E-state index contributed by atoms with van der Waals surface area (Å²) in [5, 5.41) is 12.5. The molecule has 2 aliphatic carbocycles. The zero-order chi connectivity index (χ0) is 17.6. The van der Waals surface area contributed by atoms with Crippen LogP contribution in [-0.4, -0.2) is 19.1 Å². The number of methoxy groups -OCH3 is 1. The first-order valence-electron chi connectivity index (χ1n) is 9.33. The number of hydrogen-bond acceptors (Lipinski definition) is 3. The molecule has 25 heavy (non-hydrogen) atoms. The Morgan fingerprint density at radius 3 is 2.48 bits per heavy atom. The standard InChI is InChI=1S/C21H26N2O2/c1-25-20-13-16-8-6-5-7-15(16)11-17(20)12-18(14-22)21(24)23-19-9-3-2-4-10-19/h11-13,19H,2-10H2,1H3,(H,23,24)/b18-12+. The van der Waals surface area contributed by atoms with Crippen LogP contribution >= 0.6 is 0 Å². The minimum Gasteiger partial charge on any atom is -0.496 e. The number of carbonyl (C=O) groups is 1. The van der Waals surface area contributed by atoms with Gasteiger partial charge in [0, 0.05) is 11.6 Å². The monoisotopic (exact) mass is 338 g/mol. The fraction of sp³-hybridized carbons (Fsp3) is 0.524. The molecule has 0 unspecified atom stereocenters. The van der Waals surface area contributed by atoms with Crippen molar-refractivity contribution in [3.05, 3.63) is 34.4 Å². The van der Waals surface area contributed by atoms with Crippen molar-refractivity contribution in [2.75, 3.05) is 7.11 Å². The van der Waals surface area contributed by atoms with E-state index in [0.29, 0.717) is 0 Å². The number of amides is 1. The van der Waals surface area contributed by atoms with Gasteiger partial charge < -0.3 is 10.1 Å². The van der Waals surface area contributed by atoms with Crippen molar-refractivity contribution in [2.24, 2.45) is 0 Å². The molecule has 0 radical (unpaired) electrons. The van der Waals surface area contributed by atoms with Crippen LogP contribution < -0.4 is 10.1 Å². The molecule has 0 saturated heterocycles. The third-order valence-electron chi connectivity index (χ3n) is 5.30. The number of nitriles is 1. The molecule has 0 spiro atoms. The van der Waals surface area contributed by atoms with Crippen LogP contribution in [0.3, 0.4) is 0 Å². The van der Waals surface area contributed by atoms with E-state index in [1.165, 1.54) is 30.4 Å². The van der Waals surface area contributed by atoms with E-state index >= 15 is 0 Å². The Balaban J connectivity index is 1.83. The van der Waals surface area contributed by atoms with Crippen molar-refractivity contribution >= 4 is 12.0 Å². The Morgan fingerprint density at radius 1 is 1.16 bits per heavy atom. The lowest BCUT2D eigenvalue weighted by molar-refractivity contribution is -0.117. The molecule has 1 aromatic carbocycles. The summed E-state index contributed by atoms with van der Waals surface area (Å²) in [6, 6.07) is 6.41. The normalized spacial score (nSPS) is 18.2. The number of hydrogen-bond donors (Lipinski definition) is 1. The van der Waals surface area contributed by atoms with Crippen LogP contribution in [0.2, 0.25) is 0 Å². The maximum Gasteiger partial charge on any atom is 0.262 e. The van der Waals surface area contributed by atoms with E-state index in [1.807, 2.05) is 0 Å².